The van der Waals surface area contributed by atoms with Gasteiger partial charge in [0.05, 0.1) is 17.1 Å². The van der Waals surface area contributed by atoms with E-state index < -0.39 is 4.92 Å². The van der Waals surface area contributed by atoms with Crippen LogP contribution in [0.4, 0.5) is 10.1 Å². The number of nitro groups is 1. The van der Waals surface area contributed by atoms with Crippen molar-refractivity contribution in [1.29, 1.82) is 0 Å². The largest absolute Gasteiger partial charge is 0.490 e. The van der Waals surface area contributed by atoms with Gasteiger partial charge in [0.15, 0.2) is 5.75 Å². The first-order valence-electron chi connectivity index (χ1n) is 6.92. The Hall–Kier alpha value is -2.18. The summed E-state index contributed by atoms with van der Waals surface area (Å²) < 4.78 is 18.4. The van der Waals surface area contributed by atoms with Gasteiger partial charge in [-0.3, -0.25) is 10.1 Å². The molecule has 23 heavy (non-hydrogen) atoms. The van der Waals surface area contributed by atoms with E-state index in [1.54, 1.807) is 12.1 Å². The van der Waals surface area contributed by atoms with E-state index in [1.165, 1.54) is 31.4 Å². The van der Waals surface area contributed by atoms with E-state index in [9.17, 15) is 14.5 Å². The summed E-state index contributed by atoms with van der Waals surface area (Å²) in [5, 5.41) is 11.3. The van der Waals surface area contributed by atoms with Gasteiger partial charge in [0.2, 0.25) is 0 Å². The van der Waals surface area contributed by atoms with Gasteiger partial charge in [-0.1, -0.05) is 23.7 Å². The maximum atomic E-state index is 13.3. The van der Waals surface area contributed by atoms with Crippen LogP contribution >= 0.6 is 11.6 Å². The lowest BCUT2D eigenvalue weighted by atomic mass is 9.91. The Morgan fingerprint density at radius 3 is 2.70 bits per heavy atom. The summed E-state index contributed by atoms with van der Waals surface area (Å²) in [4.78, 5) is 10.5. The fourth-order valence-electron chi connectivity index (χ4n) is 2.45. The number of nitrogens with two attached hydrogens (primary N) is 1. The minimum Gasteiger partial charge on any atom is -0.490 e. The van der Waals surface area contributed by atoms with Crippen LogP contribution in [0.5, 0.6) is 5.75 Å². The number of nitro benzene ring substituents is 1. The minimum absolute atomic E-state index is 0.118. The monoisotopic (exact) mass is 338 g/mol. The number of nitrogens with zero attached hydrogens (tertiary/aromatic N) is 1. The molecule has 2 aromatic rings. The van der Waals surface area contributed by atoms with Crippen molar-refractivity contribution in [3.05, 3.63) is 68.5 Å². The molecule has 2 aromatic carbocycles. The molecule has 0 aromatic heterocycles. The summed E-state index contributed by atoms with van der Waals surface area (Å²) in [5.41, 5.74) is 7.03. The van der Waals surface area contributed by atoms with Crippen molar-refractivity contribution in [2.24, 2.45) is 5.73 Å². The highest BCUT2D eigenvalue weighted by molar-refractivity contribution is 6.31. The summed E-state index contributed by atoms with van der Waals surface area (Å²) in [5.74, 6) is -0.420. The first kappa shape index (κ1) is 17.2. The van der Waals surface area contributed by atoms with Crippen LogP contribution in [0.1, 0.15) is 17.0 Å². The van der Waals surface area contributed by atoms with Crippen LogP contribution in [0.15, 0.2) is 36.4 Å². The second-order valence-electron chi connectivity index (χ2n) is 5.07. The molecule has 0 aliphatic carbocycles. The van der Waals surface area contributed by atoms with Gasteiger partial charge in [-0.05, 0) is 42.3 Å². The molecule has 0 heterocycles. The fraction of sp³-hybridized carbons (Fsp3) is 0.250. The van der Waals surface area contributed by atoms with Gasteiger partial charge in [-0.25, -0.2) is 4.39 Å². The van der Waals surface area contributed by atoms with Crippen LogP contribution in [-0.2, 0) is 6.42 Å². The summed E-state index contributed by atoms with van der Waals surface area (Å²) >= 11 is 6.18. The van der Waals surface area contributed by atoms with E-state index in [4.69, 9.17) is 22.1 Å². The lowest BCUT2D eigenvalue weighted by Gasteiger charge is -2.18. The molecule has 1 unspecified atom stereocenters. The predicted molar refractivity (Wildman–Crippen MR) is 86.6 cm³/mol. The molecule has 7 heteroatoms. The maximum Gasteiger partial charge on any atom is 0.312 e. The molecule has 0 spiro atoms. The lowest BCUT2D eigenvalue weighted by Crippen LogP contribution is -2.16. The van der Waals surface area contributed by atoms with Crippen LogP contribution in [0, 0.1) is 15.9 Å². The maximum absolute atomic E-state index is 13.3. The quantitative estimate of drug-likeness (QED) is 0.643. The van der Waals surface area contributed by atoms with Crippen molar-refractivity contribution in [3.63, 3.8) is 0 Å². The van der Waals surface area contributed by atoms with Gasteiger partial charge in [0, 0.05) is 12.0 Å². The Morgan fingerprint density at radius 1 is 1.39 bits per heavy atom. The van der Waals surface area contributed by atoms with Crippen LogP contribution in [-0.4, -0.2) is 18.6 Å². The van der Waals surface area contributed by atoms with E-state index in [-0.39, 0.29) is 34.7 Å². The highest BCUT2D eigenvalue weighted by Gasteiger charge is 2.22. The number of hydrogen-bond donors (Lipinski definition) is 1. The molecule has 0 saturated carbocycles. The molecule has 0 radical (unpaired) electrons. The van der Waals surface area contributed by atoms with E-state index in [1.807, 2.05) is 0 Å². The molecule has 2 N–H and O–H groups in total. The van der Waals surface area contributed by atoms with Crippen molar-refractivity contribution in [1.82, 2.24) is 0 Å². The van der Waals surface area contributed by atoms with Crippen molar-refractivity contribution < 1.29 is 14.1 Å². The predicted octanol–water partition coefficient (Wildman–Crippen LogP) is 3.68. The van der Waals surface area contributed by atoms with E-state index in [2.05, 4.69) is 0 Å². The summed E-state index contributed by atoms with van der Waals surface area (Å²) in [6.07, 6.45) is 0.467. The smallest absolute Gasteiger partial charge is 0.312 e. The van der Waals surface area contributed by atoms with Crippen LogP contribution < -0.4 is 10.5 Å². The number of methoxy groups -OCH3 is 1. The molecule has 2 rings (SSSR count). The van der Waals surface area contributed by atoms with Crippen LogP contribution in [0.25, 0.3) is 0 Å². The molecule has 0 aliphatic heterocycles. The molecule has 0 bridgehead atoms. The molecular formula is C16H16ClFN2O3. The Kier molecular flexibility index (Phi) is 5.52. The Balaban J connectivity index is 2.39. The third-order valence-corrected chi connectivity index (χ3v) is 3.92. The van der Waals surface area contributed by atoms with Crippen molar-refractivity contribution in [3.8, 4) is 5.75 Å². The molecular weight excluding hydrogens is 323 g/mol. The normalized spacial score (nSPS) is 12.0. The number of benzene rings is 2. The van der Waals surface area contributed by atoms with Crippen molar-refractivity contribution >= 4 is 17.3 Å². The molecule has 0 amide bonds. The van der Waals surface area contributed by atoms with Crippen molar-refractivity contribution in [2.45, 2.75) is 12.3 Å². The van der Waals surface area contributed by atoms with Gasteiger partial charge in [-0.2, -0.15) is 0 Å². The zero-order valence-electron chi connectivity index (χ0n) is 12.5. The number of ether oxygens (including phenoxy) is 1. The summed E-state index contributed by atoms with van der Waals surface area (Å²) in [7, 11) is 1.35. The van der Waals surface area contributed by atoms with E-state index in [0.717, 1.165) is 5.56 Å². The third-order valence-electron chi connectivity index (χ3n) is 3.59. The molecule has 0 fully saturated rings. The second-order valence-corrected chi connectivity index (χ2v) is 5.48. The second kappa shape index (κ2) is 7.39. The van der Waals surface area contributed by atoms with Crippen molar-refractivity contribution in [2.75, 3.05) is 13.7 Å². The van der Waals surface area contributed by atoms with E-state index in [0.29, 0.717) is 12.0 Å². The zero-order chi connectivity index (χ0) is 17.0. The highest BCUT2D eigenvalue weighted by Crippen LogP contribution is 2.37. The topological polar surface area (TPSA) is 78.4 Å². The number of halogens is 2. The number of rotatable bonds is 6. The summed E-state index contributed by atoms with van der Waals surface area (Å²) in [6, 6.07) is 8.99. The zero-order valence-corrected chi connectivity index (χ0v) is 13.2. The van der Waals surface area contributed by atoms with E-state index >= 15 is 0 Å². The molecule has 0 aliphatic rings. The Labute approximate surface area is 138 Å². The number of hydrogen-bond acceptors (Lipinski definition) is 4. The van der Waals surface area contributed by atoms with Gasteiger partial charge >= 0.3 is 5.69 Å². The van der Waals surface area contributed by atoms with Gasteiger partial charge in [0.25, 0.3) is 0 Å². The van der Waals surface area contributed by atoms with Gasteiger partial charge < -0.3 is 10.5 Å². The first-order chi connectivity index (χ1) is 11.0. The van der Waals surface area contributed by atoms with Crippen LogP contribution in [0.2, 0.25) is 5.02 Å². The average Bonchev–Trinajstić information content (AvgIpc) is 2.52. The van der Waals surface area contributed by atoms with Gasteiger partial charge in [0.1, 0.15) is 5.82 Å². The third kappa shape index (κ3) is 3.97. The lowest BCUT2D eigenvalue weighted by molar-refractivity contribution is -0.385. The average molecular weight is 339 g/mol. The Bertz CT molecular complexity index is 724. The highest BCUT2D eigenvalue weighted by atomic mass is 35.5. The molecule has 122 valence electrons. The fourth-order valence-corrected chi connectivity index (χ4v) is 2.76. The van der Waals surface area contributed by atoms with Crippen LogP contribution in [0.3, 0.4) is 0 Å². The summed E-state index contributed by atoms with van der Waals surface area (Å²) in [6.45, 7) is 0.261. The first-order valence-corrected chi connectivity index (χ1v) is 7.30. The molecule has 5 nitrogen and oxygen atoms in total. The molecule has 1 atom stereocenters. The minimum atomic E-state index is -0.557. The molecule has 0 saturated heterocycles. The Morgan fingerprint density at radius 2 is 2.13 bits per heavy atom. The van der Waals surface area contributed by atoms with Gasteiger partial charge in [-0.15, -0.1) is 0 Å². The SMILES string of the molecule is COc1cc(C(CN)Cc2cccc(F)c2)c(Cl)cc1[N+](=O)[O-]. The standard InChI is InChI=1S/C16H16ClFN2O3/c1-23-16-7-13(14(17)8-15(16)20(21)22)11(9-19)5-10-3-2-4-12(18)6-10/h2-4,6-8,11H,5,9,19H2,1H3.